The monoisotopic (exact) mass is 670 g/mol. The van der Waals surface area contributed by atoms with Crippen molar-refractivity contribution in [3.63, 3.8) is 0 Å². The maximum Gasteiger partial charge on any atom is 0.339 e. The Labute approximate surface area is 285 Å². The van der Waals surface area contributed by atoms with Gasteiger partial charge in [0.25, 0.3) is 0 Å². The molecule has 2 atom stereocenters. The molecule has 246 valence electrons. The molecule has 1 unspecified atom stereocenters. The zero-order chi connectivity index (χ0) is 33.0. The number of rotatable bonds is 8. The molecular formula is C38H43ClN4O3S. The van der Waals surface area contributed by atoms with Crippen LogP contribution >= 0.6 is 22.9 Å². The Kier molecular flexibility index (Phi) is 8.66. The molecule has 7 nitrogen and oxygen atoms in total. The molecule has 0 bridgehead atoms. The molecule has 1 saturated heterocycles. The van der Waals surface area contributed by atoms with Gasteiger partial charge in [0.05, 0.1) is 33.6 Å². The fraction of sp³-hybridized carbons (Fsp3) is 0.447. The average molecular weight is 671 g/mol. The Bertz CT molecular complexity index is 1950. The second kappa shape index (κ2) is 12.6. The summed E-state index contributed by atoms with van der Waals surface area (Å²) in [6.07, 6.45) is 4.27. The number of hydrogen-bond donors (Lipinski definition) is 0. The lowest BCUT2D eigenvalue weighted by molar-refractivity contribution is -0.166. The first-order valence-electron chi connectivity index (χ1n) is 16.8. The van der Waals surface area contributed by atoms with Gasteiger partial charge in [-0.2, -0.15) is 5.10 Å². The van der Waals surface area contributed by atoms with Crippen molar-refractivity contribution in [3.8, 4) is 21.7 Å². The highest BCUT2D eigenvalue weighted by atomic mass is 35.5. The SMILES string of the molecule is CCOC(=O)[C@@H](OC(C)(C)C)c1c(C)cc2nc(-c3ccc4c(c3)c(C3CCN(C5CCC5)C3)nn4C)sc2c1-c1ccc(Cl)cc1. The van der Waals surface area contributed by atoms with Crippen molar-refractivity contribution < 1.29 is 14.3 Å². The molecule has 2 aliphatic rings. The Balaban J connectivity index is 1.36. The van der Waals surface area contributed by atoms with Crippen molar-refractivity contribution in [3.05, 3.63) is 70.4 Å². The van der Waals surface area contributed by atoms with Crippen LogP contribution < -0.4 is 0 Å². The zero-order valence-electron chi connectivity index (χ0n) is 28.1. The Hall–Kier alpha value is -3.30. The van der Waals surface area contributed by atoms with Gasteiger partial charge in [-0.15, -0.1) is 11.3 Å². The van der Waals surface area contributed by atoms with Crippen LogP contribution in [0.4, 0.5) is 0 Å². The molecule has 3 aromatic carbocycles. The minimum atomic E-state index is -0.907. The summed E-state index contributed by atoms with van der Waals surface area (Å²) in [5.41, 5.74) is 7.29. The maximum atomic E-state index is 13.5. The second-order valence-electron chi connectivity index (χ2n) is 14.0. The molecule has 0 spiro atoms. The van der Waals surface area contributed by atoms with Crippen LogP contribution in [-0.2, 0) is 21.3 Å². The van der Waals surface area contributed by atoms with Crippen molar-refractivity contribution in [2.75, 3.05) is 19.7 Å². The molecule has 1 saturated carbocycles. The van der Waals surface area contributed by atoms with Crippen LogP contribution in [0.25, 0.3) is 42.8 Å². The number of esters is 1. The molecule has 0 amide bonds. The number of ether oxygens (including phenoxy) is 2. The molecule has 5 aromatic rings. The molecule has 3 heterocycles. The third-order valence-corrected chi connectivity index (χ3v) is 11.0. The van der Waals surface area contributed by atoms with Gasteiger partial charge < -0.3 is 9.47 Å². The standard InChI is InChI=1S/C38H43ClN4O3S/c1-7-45-37(44)34(46-38(3,4)5)31-22(2)19-29-35(32(31)23-11-14-26(39)15-12-23)47-36(40-29)24-13-16-30-28(20-24)33(41-42(30)6)25-17-18-43(21-25)27-9-8-10-27/h11-16,19-20,25,27,34H,7-10,17-18,21H2,1-6H3/t25?,34-/m0/s1. The molecule has 47 heavy (non-hydrogen) atoms. The smallest absolute Gasteiger partial charge is 0.339 e. The highest BCUT2D eigenvalue weighted by Gasteiger charge is 2.35. The number of hydrogen-bond acceptors (Lipinski definition) is 7. The Morgan fingerprint density at radius 1 is 1.09 bits per heavy atom. The minimum Gasteiger partial charge on any atom is -0.464 e. The van der Waals surface area contributed by atoms with E-state index in [-0.39, 0.29) is 6.61 Å². The number of thiazole rings is 1. The number of likely N-dealkylation sites (tertiary alicyclic amines) is 1. The largest absolute Gasteiger partial charge is 0.464 e. The highest BCUT2D eigenvalue weighted by Crippen LogP contribution is 2.45. The van der Waals surface area contributed by atoms with Crippen molar-refractivity contribution in [2.45, 2.75) is 84.0 Å². The van der Waals surface area contributed by atoms with E-state index in [0.29, 0.717) is 10.9 Å². The van der Waals surface area contributed by atoms with E-state index in [9.17, 15) is 4.79 Å². The predicted molar refractivity (Wildman–Crippen MR) is 191 cm³/mol. The van der Waals surface area contributed by atoms with Crippen molar-refractivity contribution in [1.82, 2.24) is 19.7 Å². The first-order valence-corrected chi connectivity index (χ1v) is 18.0. The van der Waals surface area contributed by atoms with Gasteiger partial charge in [-0.1, -0.05) is 30.2 Å². The summed E-state index contributed by atoms with van der Waals surface area (Å²) in [5.74, 6) is 0.0384. The molecule has 1 aliphatic carbocycles. The summed E-state index contributed by atoms with van der Waals surface area (Å²) in [5, 5.41) is 7.84. The number of carbonyl (C=O) groups excluding carboxylic acids is 1. The number of aryl methyl sites for hydroxylation is 2. The molecule has 9 heteroatoms. The van der Waals surface area contributed by atoms with E-state index in [0.717, 1.165) is 74.1 Å². The van der Waals surface area contributed by atoms with Crippen LogP contribution in [0.15, 0.2) is 48.5 Å². The van der Waals surface area contributed by atoms with E-state index in [4.69, 9.17) is 31.2 Å². The van der Waals surface area contributed by atoms with Gasteiger partial charge in [0.1, 0.15) is 5.01 Å². The lowest BCUT2D eigenvalue weighted by Crippen LogP contribution is -2.38. The van der Waals surface area contributed by atoms with Crippen LogP contribution in [0.5, 0.6) is 0 Å². The van der Waals surface area contributed by atoms with Gasteiger partial charge in [-0.05, 0) is 108 Å². The maximum absolute atomic E-state index is 13.5. The van der Waals surface area contributed by atoms with E-state index in [1.165, 1.54) is 30.3 Å². The summed E-state index contributed by atoms with van der Waals surface area (Å²) in [6, 6.07) is 17.2. The first-order chi connectivity index (χ1) is 22.5. The molecule has 0 N–H and O–H groups in total. The Morgan fingerprint density at radius 2 is 1.83 bits per heavy atom. The van der Waals surface area contributed by atoms with Crippen LogP contribution in [-0.4, -0.2) is 57.0 Å². The lowest BCUT2D eigenvalue weighted by Gasteiger charge is -2.34. The molecule has 2 fully saturated rings. The number of halogens is 1. The highest BCUT2D eigenvalue weighted by molar-refractivity contribution is 7.22. The number of nitrogens with zero attached hydrogens (tertiary/aromatic N) is 4. The molecule has 0 radical (unpaired) electrons. The van der Waals surface area contributed by atoms with Gasteiger partial charge in [-0.3, -0.25) is 9.58 Å². The molecular weight excluding hydrogens is 628 g/mol. The lowest BCUT2D eigenvalue weighted by atomic mass is 9.91. The van der Waals surface area contributed by atoms with Crippen LogP contribution in [0.1, 0.15) is 82.2 Å². The minimum absolute atomic E-state index is 0.267. The first kappa shape index (κ1) is 32.3. The van der Waals surface area contributed by atoms with Gasteiger partial charge in [0.2, 0.25) is 0 Å². The summed E-state index contributed by atoms with van der Waals surface area (Å²) < 4.78 is 15.1. The van der Waals surface area contributed by atoms with Crippen molar-refractivity contribution >= 4 is 50.0 Å². The van der Waals surface area contributed by atoms with Crippen LogP contribution in [0, 0.1) is 6.92 Å². The zero-order valence-corrected chi connectivity index (χ0v) is 29.7. The normalized spacial score (nSPS) is 18.2. The van der Waals surface area contributed by atoms with E-state index >= 15 is 0 Å². The predicted octanol–water partition coefficient (Wildman–Crippen LogP) is 9.24. The van der Waals surface area contributed by atoms with Crippen LogP contribution in [0.2, 0.25) is 5.02 Å². The summed E-state index contributed by atoms with van der Waals surface area (Å²) in [4.78, 5) is 21.4. The van der Waals surface area contributed by atoms with Gasteiger partial charge in [-0.25, -0.2) is 9.78 Å². The number of benzene rings is 3. The fourth-order valence-corrected chi connectivity index (χ4v) is 8.44. The number of carbonyl (C=O) groups is 1. The van der Waals surface area contributed by atoms with E-state index in [2.05, 4.69) is 29.2 Å². The molecule has 2 aromatic heterocycles. The van der Waals surface area contributed by atoms with E-state index in [1.807, 2.05) is 70.6 Å². The Morgan fingerprint density at radius 3 is 2.51 bits per heavy atom. The molecule has 7 rings (SSSR count). The van der Waals surface area contributed by atoms with E-state index in [1.54, 1.807) is 11.3 Å². The number of fused-ring (bicyclic) bond motifs is 2. The van der Waals surface area contributed by atoms with Crippen LogP contribution in [0.3, 0.4) is 0 Å². The van der Waals surface area contributed by atoms with Gasteiger partial charge in [0.15, 0.2) is 6.10 Å². The van der Waals surface area contributed by atoms with Gasteiger partial charge >= 0.3 is 5.97 Å². The quantitative estimate of drug-likeness (QED) is 0.153. The third-order valence-electron chi connectivity index (χ3n) is 9.62. The summed E-state index contributed by atoms with van der Waals surface area (Å²) in [7, 11) is 2.05. The third kappa shape index (κ3) is 6.21. The average Bonchev–Trinajstić information content (AvgIpc) is 3.72. The summed E-state index contributed by atoms with van der Waals surface area (Å²) in [6.45, 7) is 12.2. The summed E-state index contributed by atoms with van der Waals surface area (Å²) >= 11 is 7.98. The van der Waals surface area contributed by atoms with Crippen molar-refractivity contribution in [2.24, 2.45) is 7.05 Å². The topological polar surface area (TPSA) is 69.5 Å². The number of aromatic nitrogens is 3. The van der Waals surface area contributed by atoms with E-state index < -0.39 is 17.7 Å². The van der Waals surface area contributed by atoms with Crippen molar-refractivity contribution in [1.29, 1.82) is 0 Å². The molecule has 1 aliphatic heterocycles. The fourth-order valence-electron chi connectivity index (χ4n) is 7.19. The van der Waals surface area contributed by atoms with Gasteiger partial charge in [0, 0.05) is 52.7 Å². The second-order valence-corrected chi connectivity index (χ2v) is 15.5.